The summed E-state index contributed by atoms with van der Waals surface area (Å²) in [5.74, 6) is -0.353. The minimum Gasteiger partial charge on any atom is -0.496 e. The van der Waals surface area contributed by atoms with Crippen molar-refractivity contribution >= 4 is 56.1 Å². The van der Waals surface area contributed by atoms with Crippen LogP contribution >= 0.6 is 39.1 Å². The highest BCUT2D eigenvalue weighted by molar-refractivity contribution is 9.10. The molecule has 1 aromatic heterocycles. The van der Waals surface area contributed by atoms with E-state index in [4.69, 9.17) is 37.1 Å². The van der Waals surface area contributed by atoms with Gasteiger partial charge in [-0.3, -0.25) is 4.79 Å². The molecular weight excluding hydrogens is 507 g/mol. The fourth-order valence-electron chi connectivity index (χ4n) is 3.02. The fraction of sp³-hybridized carbons (Fsp3) is 0.0435. The second-order valence-electron chi connectivity index (χ2n) is 6.45. The van der Waals surface area contributed by atoms with Crippen molar-refractivity contribution < 1.29 is 18.7 Å². The lowest BCUT2D eigenvalue weighted by Crippen LogP contribution is -2.16. The third-order valence-electron chi connectivity index (χ3n) is 4.52. The molecule has 3 aromatic carbocycles. The van der Waals surface area contributed by atoms with Crippen molar-refractivity contribution in [2.45, 2.75) is 0 Å². The van der Waals surface area contributed by atoms with E-state index in [0.29, 0.717) is 26.4 Å². The lowest BCUT2D eigenvalue weighted by atomic mass is 10.1. The summed E-state index contributed by atoms with van der Waals surface area (Å²) in [5, 5.41) is 0.760. The zero-order valence-electron chi connectivity index (χ0n) is 15.9. The first-order valence-corrected chi connectivity index (χ1v) is 10.5. The molecule has 0 aliphatic heterocycles. The van der Waals surface area contributed by atoms with Gasteiger partial charge in [0.25, 0.3) is 0 Å². The van der Waals surface area contributed by atoms with E-state index in [2.05, 4.69) is 15.9 Å². The van der Waals surface area contributed by atoms with Crippen LogP contribution in [0.3, 0.4) is 0 Å². The van der Waals surface area contributed by atoms with Crippen molar-refractivity contribution in [2.75, 3.05) is 7.11 Å². The Kier molecular flexibility index (Phi) is 6.05. The molecule has 0 N–H and O–H groups in total. The predicted octanol–water partition coefficient (Wildman–Crippen LogP) is 6.76. The summed E-state index contributed by atoms with van der Waals surface area (Å²) in [4.78, 5) is 26.0. The smallest absolute Gasteiger partial charge is 0.345 e. The normalized spacial score (nSPS) is 10.8. The maximum Gasteiger partial charge on any atom is 0.345 e. The molecule has 0 amide bonds. The maximum absolute atomic E-state index is 13.2. The summed E-state index contributed by atoms with van der Waals surface area (Å²) >= 11 is 15.4. The number of hydrogen-bond donors (Lipinski definition) is 0. The van der Waals surface area contributed by atoms with Gasteiger partial charge in [0.2, 0.25) is 11.2 Å². The van der Waals surface area contributed by atoms with E-state index in [9.17, 15) is 9.59 Å². The minimum absolute atomic E-state index is 0.0699. The third-order valence-corrected chi connectivity index (χ3v) is 5.68. The number of fused-ring (bicyclic) bond motifs is 1. The minimum atomic E-state index is -0.807. The Balaban J connectivity index is 1.89. The molecule has 0 saturated heterocycles. The van der Waals surface area contributed by atoms with Gasteiger partial charge in [-0.2, -0.15) is 0 Å². The Morgan fingerprint density at radius 3 is 2.52 bits per heavy atom. The predicted molar refractivity (Wildman–Crippen MR) is 124 cm³/mol. The molecular formula is C23H13BrCl2O5. The number of benzene rings is 3. The van der Waals surface area contributed by atoms with Gasteiger partial charge in [-0.1, -0.05) is 35.3 Å². The van der Waals surface area contributed by atoms with Crippen LogP contribution in [-0.2, 0) is 0 Å². The Labute approximate surface area is 195 Å². The number of hydrogen-bond acceptors (Lipinski definition) is 5. The molecule has 4 aromatic rings. The Bertz CT molecular complexity index is 1380. The zero-order chi connectivity index (χ0) is 22.1. The van der Waals surface area contributed by atoms with Gasteiger partial charge in [-0.05, 0) is 64.5 Å². The van der Waals surface area contributed by atoms with Crippen LogP contribution in [0.4, 0.5) is 0 Å². The fourth-order valence-corrected chi connectivity index (χ4v) is 4.04. The molecule has 156 valence electrons. The Morgan fingerprint density at radius 2 is 1.81 bits per heavy atom. The second-order valence-corrected chi connectivity index (χ2v) is 8.15. The van der Waals surface area contributed by atoms with Crippen LogP contribution in [0.5, 0.6) is 11.5 Å². The number of methoxy groups -OCH3 is 1. The van der Waals surface area contributed by atoms with Gasteiger partial charge in [-0.15, -0.1) is 0 Å². The highest BCUT2D eigenvalue weighted by Crippen LogP contribution is 2.36. The SMILES string of the molecule is COc1ccc(-c2oc3ccccc3c(=O)c2OC(=O)c2ccc(Cl)cc2Cl)cc1Br. The lowest BCUT2D eigenvalue weighted by Gasteiger charge is -2.12. The maximum atomic E-state index is 13.2. The molecule has 0 fully saturated rings. The molecule has 0 atom stereocenters. The summed E-state index contributed by atoms with van der Waals surface area (Å²) in [6.07, 6.45) is 0. The van der Waals surface area contributed by atoms with E-state index in [0.717, 1.165) is 0 Å². The second kappa shape index (κ2) is 8.75. The van der Waals surface area contributed by atoms with E-state index >= 15 is 0 Å². The van der Waals surface area contributed by atoms with Crippen LogP contribution in [0, 0.1) is 0 Å². The summed E-state index contributed by atoms with van der Waals surface area (Å²) in [6.45, 7) is 0. The molecule has 0 unspecified atom stereocenters. The van der Waals surface area contributed by atoms with Gasteiger partial charge in [0.1, 0.15) is 11.3 Å². The summed E-state index contributed by atoms with van der Waals surface area (Å²) in [6, 6.07) is 16.2. The number of carbonyl (C=O) groups excluding carboxylic acids is 1. The summed E-state index contributed by atoms with van der Waals surface area (Å²) in [7, 11) is 1.54. The Morgan fingerprint density at radius 1 is 1.03 bits per heavy atom. The van der Waals surface area contributed by atoms with Crippen LogP contribution < -0.4 is 14.9 Å². The largest absolute Gasteiger partial charge is 0.496 e. The van der Waals surface area contributed by atoms with Crippen LogP contribution in [0.2, 0.25) is 10.0 Å². The van der Waals surface area contributed by atoms with Gasteiger partial charge >= 0.3 is 5.97 Å². The van der Waals surface area contributed by atoms with Gasteiger partial charge < -0.3 is 13.9 Å². The van der Waals surface area contributed by atoms with Gasteiger partial charge in [0.05, 0.1) is 27.6 Å². The van der Waals surface area contributed by atoms with Crippen molar-refractivity contribution in [3.8, 4) is 22.8 Å². The first kappa shape index (κ1) is 21.4. The molecule has 31 heavy (non-hydrogen) atoms. The monoisotopic (exact) mass is 518 g/mol. The van der Waals surface area contributed by atoms with Crippen molar-refractivity contribution in [3.63, 3.8) is 0 Å². The quantitative estimate of drug-likeness (QED) is 0.279. The molecule has 8 heteroatoms. The molecule has 0 aliphatic rings. The van der Waals surface area contributed by atoms with Gasteiger partial charge in [0, 0.05) is 10.6 Å². The third kappa shape index (κ3) is 4.19. The first-order valence-electron chi connectivity index (χ1n) is 8.96. The van der Waals surface area contributed by atoms with E-state index in [-0.39, 0.29) is 27.5 Å². The standard InChI is InChI=1S/C23H13BrCl2O5/c1-29-19-9-6-12(10-16(19)24)21-22(20(27)15-4-2-3-5-18(15)30-21)31-23(28)14-8-7-13(25)11-17(14)26/h2-11H,1H3. The van der Waals surface area contributed by atoms with Crippen molar-refractivity contribution in [1.82, 2.24) is 0 Å². The number of rotatable bonds is 4. The summed E-state index contributed by atoms with van der Waals surface area (Å²) < 4.78 is 17.4. The topological polar surface area (TPSA) is 65.7 Å². The first-order chi connectivity index (χ1) is 14.9. The number of esters is 1. The highest BCUT2D eigenvalue weighted by Gasteiger charge is 2.23. The Hall–Kier alpha value is -2.80. The molecule has 0 saturated carbocycles. The summed E-state index contributed by atoms with van der Waals surface area (Å²) in [5.41, 5.74) is 0.460. The van der Waals surface area contributed by atoms with Crippen LogP contribution in [0.15, 0.2) is 74.3 Å². The average molecular weight is 520 g/mol. The van der Waals surface area contributed by atoms with E-state index in [1.54, 1.807) is 49.6 Å². The number of carbonyl (C=O) groups is 1. The molecule has 4 rings (SSSR count). The molecule has 0 spiro atoms. The van der Waals surface area contributed by atoms with Crippen molar-refractivity contribution in [2.24, 2.45) is 0 Å². The zero-order valence-corrected chi connectivity index (χ0v) is 19.0. The molecule has 5 nitrogen and oxygen atoms in total. The van der Waals surface area contributed by atoms with Gasteiger partial charge in [-0.25, -0.2) is 4.79 Å². The number of halogens is 3. The lowest BCUT2D eigenvalue weighted by molar-refractivity contribution is 0.0731. The van der Waals surface area contributed by atoms with E-state index < -0.39 is 11.4 Å². The van der Waals surface area contributed by atoms with Crippen molar-refractivity contribution in [1.29, 1.82) is 0 Å². The van der Waals surface area contributed by atoms with E-state index in [1.165, 1.54) is 18.2 Å². The number of para-hydroxylation sites is 1. The molecule has 1 heterocycles. The molecule has 0 aliphatic carbocycles. The van der Waals surface area contributed by atoms with Crippen molar-refractivity contribution in [3.05, 3.63) is 91.0 Å². The molecule has 0 radical (unpaired) electrons. The number of ether oxygens (including phenoxy) is 2. The van der Waals surface area contributed by atoms with Crippen LogP contribution in [-0.4, -0.2) is 13.1 Å². The van der Waals surface area contributed by atoms with E-state index in [1.807, 2.05) is 0 Å². The molecule has 0 bridgehead atoms. The van der Waals surface area contributed by atoms with Gasteiger partial charge in [0.15, 0.2) is 5.76 Å². The van der Waals surface area contributed by atoms with Crippen LogP contribution in [0.1, 0.15) is 10.4 Å². The highest BCUT2D eigenvalue weighted by atomic mass is 79.9. The average Bonchev–Trinajstić information content (AvgIpc) is 2.75. The van der Waals surface area contributed by atoms with Crippen LogP contribution in [0.25, 0.3) is 22.3 Å².